The first-order valence-corrected chi connectivity index (χ1v) is 15.7. The highest BCUT2D eigenvalue weighted by atomic mass is 16.4. The maximum atomic E-state index is 12.6. The molecule has 0 bridgehead atoms. The maximum Gasteiger partial charge on any atom is 0.408 e. The average Bonchev–Trinajstić information content (AvgIpc) is 3.36. The van der Waals surface area contributed by atoms with E-state index in [9.17, 15) is 9.90 Å². The minimum Gasteiger partial charge on any atom is -0.465 e. The number of carboxylic acid groups (broad SMARTS) is 1. The summed E-state index contributed by atoms with van der Waals surface area (Å²) >= 11 is 0. The van der Waals surface area contributed by atoms with Gasteiger partial charge in [-0.15, -0.1) is 0 Å². The van der Waals surface area contributed by atoms with Crippen LogP contribution in [0, 0.1) is 0 Å². The molecule has 2 N–H and O–H groups in total. The summed E-state index contributed by atoms with van der Waals surface area (Å²) < 4.78 is 2.21. The molecule has 0 unspecified atom stereocenters. The molecule has 228 valence electrons. The van der Waals surface area contributed by atoms with E-state index in [2.05, 4.69) is 75.5 Å². The number of aromatic nitrogens is 4. The number of anilines is 2. The van der Waals surface area contributed by atoms with Crippen LogP contribution in [-0.4, -0.2) is 41.2 Å². The summed E-state index contributed by atoms with van der Waals surface area (Å²) in [4.78, 5) is 28.7. The number of amides is 1. The minimum absolute atomic E-state index is 0.538. The molecule has 1 aliphatic heterocycles. The summed E-state index contributed by atoms with van der Waals surface area (Å²) in [5.41, 5.74) is 6.51. The fourth-order valence-electron chi connectivity index (χ4n) is 7.33. The highest BCUT2D eigenvalue weighted by Crippen LogP contribution is 2.50. The second kappa shape index (κ2) is 10.3. The third-order valence-electron chi connectivity index (χ3n) is 9.41. The monoisotopic (exact) mass is 606 g/mol. The van der Waals surface area contributed by atoms with Crippen LogP contribution in [0.25, 0.3) is 50.4 Å². The molecule has 0 saturated heterocycles. The molecule has 4 heterocycles. The molecule has 1 saturated carbocycles. The van der Waals surface area contributed by atoms with Gasteiger partial charge in [0.25, 0.3) is 0 Å². The van der Waals surface area contributed by atoms with E-state index in [0.29, 0.717) is 0 Å². The Bertz CT molecular complexity index is 2140. The Morgan fingerprint density at radius 2 is 1.70 bits per heavy atom. The van der Waals surface area contributed by atoms with Crippen molar-refractivity contribution in [1.82, 2.24) is 24.4 Å². The second-order valence-corrected chi connectivity index (χ2v) is 13.2. The Labute approximate surface area is 267 Å². The standard InChI is InChI=1S/C38H34N6O2/c1-37(2,3)44(36(45)46)38(18-7-19-38)28-15-13-24(14-16-28)33-32(26-11-12-27-23-39-21-17-25(27)22-26)42-35-29-8-4-5-9-30(29)41-34-31(43(33)35)10-6-20-40-34/h4-6,8-17,20-23H,7,18-19H2,1-3H3,(H,40,41)(H,45,46). The third kappa shape index (κ3) is 4.28. The zero-order valence-corrected chi connectivity index (χ0v) is 26.0. The summed E-state index contributed by atoms with van der Waals surface area (Å²) in [6, 6.07) is 29.0. The number of hydrogen-bond acceptors (Lipinski definition) is 5. The summed E-state index contributed by atoms with van der Waals surface area (Å²) in [6.45, 7) is 5.92. The van der Waals surface area contributed by atoms with E-state index in [4.69, 9.17) is 9.97 Å². The second-order valence-electron chi connectivity index (χ2n) is 13.2. The number of benzene rings is 3. The molecule has 8 nitrogen and oxygen atoms in total. The number of imidazole rings is 1. The Morgan fingerprint density at radius 1 is 0.913 bits per heavy atom. The SMILES string of the molecule is CC(C)(C)N(C(=O)O)C1(c2ccc(-c3c(-c4ccc5cnccc5c4)nc4n3-c3cccnc3Nc3ccccc3-4)cc2)CCC1. The lowest BCUT2D eigenvalue weighted by Gasteiger charge is -2.54. The number of carbonyl (C=O) groups is 1. The van der Waals surface area contributed by atoms with Crippen molar-refractivity contribution in [3.8, 4) is 39.6 Å². The minimum atomic E-state index is -0.888. The molecule has 0 spiro atoms. The van der Waals surface area contributed by atoms with Crippen molar-refractivity contribution in [3.05, 3.63) is 109 Å². The molecule has 1 aliphatic carbocycles. The fourth-order valence-corrected chi connectivity index (χ4v) is 7.33. The van der Waals surface area contributed by atoms with E-state index in [-0.39, 0.29) is 0 Å². The van der Waals surface area contributed by atoms with Gasteiger partial charge in [0.2, 0.25) is 0 Å². The fraction of sp³-hybridized carbons (Fsp3) is 0.211. The van der Waals surface area contributed by atoms with Gasteiger partial charge in [-0.2, -0.15) is 0 Å². The van der Waals surface area contributed by atoms with Gasteiger partial charge in [0.1, 0.15) is 5.82 Å². The van der Waals surface area contributed by atoms with Gasteiger partial charge >= 0.3 is 6.09 Å². The van der Waals surface area contributed by atoms with Crippen molar-refractivity contribution in [2.45, 2.75) is 51.1 Å². The van der Waals surface area contributed by atoms with Gasteiger partial charge in [-0.25, -0.2) is 14.8 Å². The number of pyridine rings is 2. The third-order valence-corrected chi connectivity index (χ3v) is 9.41. The quantitative estimate of drug-likeness (QED) is 0.208. The first-order valence-electron chi connectivity index (χ1n) is 15.7. The normalized spacial score (nSPS) is 14.7. The largest absolute Gasteiger partial charge is 0.465 e. The van der Waals surface area contributed by atoms with Gasteiger partial charge in [-0.3, -0.25) is 14.5 Å². The van der Waals surface area contributed by atoms with Crippen molar-refractivity contribution in [1.29, 1.82) is 0 Å². The Hall–Kier alpha value is -5.50. The van der Waals surface area contributed by atoms with Gasteiger partial charge < -0.3 is 10.4 Å². The van der Waals surface area contributed by atoms with Crippen LogP contribution >= 0.6 is 0 Å². The first-order chi connectivity index (χ1) is 22.2. The van der Waals surface area contributed by atoms with Crippen molar-refractivity contribution >= 4 is 28.4 Å². The van der Waals surface area contributed by atoms with E-state index in [0.717, 1.165) is 86.7 Å². The summed E-state index contributed by atoms with van der Waals surface area (Å²) in [7, 11) is 0. The molecule has 0 radical (unpaired) electrons. The number of nitrogens with zero attached hydrogens (tertiary/aromatic N) is 5. The highest BCUT2D eigenvalue weighted by Gasteiger charge is 2.50. The average molecular weight is 607 g/mol. The maximum absolute atomic E-state index is 12.6. The Morgan fingerprint density at radius 3 is 2.43 bits per heavy atom. The first kappa shape index (κ1) is 28.0. The van der Waals surface area contributed by atoms with Crippen molar-refractivity contribution < 1.29 is 9.90 Å². The van der Waals surface area contributed by atoms with Crippen LogP contribution in [0.3, 0.4) is 0 Å². The molecule has 2 aliphatic rings. The molecule has 6 aromatic rings. The lowest BCUT2D eigenvalue weighted by Crippen LogP contribution is -2.60. The topological polar surface area (TPSA) is 96.2 Å². The van der Waals surface area contributed by atoms with E-state index < -0.39 is 17.2 Å². The van der Waals surface area contributed by atoms with Crippen molar-refractivity contribution in [3.63, 3.8) is 0 Å². The smallest absolute Gasteiger partial charge is 0.408 e. The van der Waals surface area contributed by atoms with E-state index in [1.165, 1.54) is 0 Å². The van der Waals surface area contributed by atoms with Crippen LogP contribution in [-0.2, 0) is 5.54 Å². The van der Waals surface area contributed by atoms with E-state index >= 15 is 0 Å². The van der Waals surface area contributed by atoms with Gasteiger partial charge in [0.05, 0.1) is 28.3 Å². The zero-order valence-electron chi connectivity index (χ0n) is 26.0. The van der Waals surface area contributed by atoms with E-state index in [1.807, 2.05) is 57.4 Å². The number of para-hydroxylation sites is 1. The molecule has 8 rings (SSSR count). The number of nitrogens with one attached hydrogen (secondary N) is 1. The molecule has 3 aromatic carbocycles. The molecule has 46 heavy (non-hydrogen) atoms. The number of hydrogen-bond donors (Lipinski definition) is 2. The predicted molar refractivity (Wildman–Crippen MR) is 181 cm³/mol. The summed E-state index contributed by atoms with van der Waals surface area (Å²) in [6.07, 6.45) is 7.19. The van der Waals surface area contributed by atoms with Crippen molar-refractivity contribution in [2.75, 3.05) is 5.32 Å². The lowest BCUT2D eigenvalue weighted by molar-refractivity contribution is -0.0328. The number of fused-ring (bicyclic) bond motifs is 6. The molecular weight excluding hydrogens is 572 g/mol. The van der Waals surface area contributed by atoms with Gasteiger partial charge in [0.15, 0.2) is 5.82 Å². The number of rotatable bonds is 4. The molecule has 1 fully saturated rings. The highest BCUT2D eigenvalue weighted by molar-refractivity contribution is 5.93. The van der Waals surface area contributed by atoms with Crippen LogP contribution in [0.5, 0.6) is 0 Å². The molecule has 3 aromatic heterocycles. The summed E-state index contributed by atoms with van der Waals surface area (Å²) in [5, 5.41) is 16.0. The molecule has 0 atom stereocenters. The van der Waals surface area contributed by atoms with Gasteiger partial charge in [-0.05, 0) is 87.4 Å². The molecule has 1 amide bonds. The molecular formula is C38H34N6O2. The van der Waals surface area contributed by atoms with Gasteiger partial charge in [-0.1, -0.05) is 48.5 Å². The predicted octanol–water partition coefficient (Wildman–Crippen LogP) is 9.03. The zero-order chi connectivity index (χ0) is 31.6. The van der Waals surface area contributed by atoms with Gasteiger partial charge in [0, 0.05) is 46.2 Å². The Kier molecular flexibility index (Phi) is 6.25. The Balaban J connectivity index is 1.37. The summed E-state index contributed by atoms with van der Waals surface area (Å²) in [5.74, 6) is 1.56. The van der Waals surface area contributed by atoms with Crippen LogP contribution in [0.4, 0.5) is 16.3 Å². The van der Waals surface area contributed by atoms with Crippen LogP contribution in [0.15, 0.2) is 104 Å². The molecule has 8 heteroatoms. The van der Waals surface area contributed by atoms with E-state index in [1.54, 1.807) is 11.1 Å². The van der Waals surface area contributed by atoms with Crippen LogP contribution < -0.4 is 5.32 Å². The van der Waals surface area contributed by atoms with Crippen molar-refractivity contribution in [2.24, 2.45) is 0 Å². The van der Waals surface area contributed by atoms with Crippen LogP contribution in [0.2, 0.25) is 0 Å². The lowest BCUT2D eigenvalue weighted by atomic mass is 9.69. The van der Waals surface area contributed by atoms with Crippen LogP contribution in [0.1, 0.15) is 45.6 Å².